The zero-order valence-corrected chi connectivity index (χ0v) is 31.6. The average molecular weight is 761 g/mol. The van der Waals surface area contributed by atoms with Gasteiger partial charge in [-0.15, -0.1) is 0 Å². The number of likely N-dealkylation sites (N-methyl/N-ethyl adjacent to an activating group) is 2. The quantitative estimate of drug-likeness (QED) is 0.0978. The Morgan fingerprint density at radius 1 is 0.649 bits per heavy atom. The predicted molar refractivity (Wildman–Crippen MR) is 217 cm³/mol. The van der Waals surface area contributed by atoms with E-state index in [2.05, 4.69) is 0 Å². The number of rotatable bonds is 12. The molecule has 2 heterocycles. The van der Waals surface area contributed by atoms with Crippen molar-refractivity contribution in [2.45, 2.75) is 32.6 Å². The number of hydrogen-bond donors (Lipinski definition) is 2. The first-order valence-electron chi connectivity index (χ1n) is 17.9. The lowest BCUT2D eigenvalue weighted by Crippen LogP contribution is -2.30. The van der Waals surface area contributed by atoms with Crippen molar-refractivity contribution >= 4 is 57.7 Å². The summed E-state index contributed by atoms with van der Waals surface area (Å²) in [4.78, 5) is 51.0. The zero-order valence-electron chi connectivity index (χ0n) is 31.6. The molecule has 0 unspecified atom stereocenters. The third-order valence-electron chi connectivity index (χ3n) is 9.34. The molecule has 2 N–H and O–H groups in total. The minimum absolute atomic E-state index is 0.00309. The number of carboxylic acids is 2. The Morgan fingerprint density at radius 3 is 1.53 bits per heavy atom. The van der Waals surface area contributed by atoms with Crippen LogP contribution in [0.5, 0.6) is 0 Å². The molecule has 4 aromatic carbocycles. The van der Waals surface area contributed by atoms with Gasteiger partial charge in [0, 0.05) is 66.0 Å². The monoisotopic (exact) mass is 760 g/mol. The second kappa shape index (κ2) is 18.6. The van der Waals surface area contributed by atoms with E-state index < -0.39 is 11.9 Å². The van der Waals surface area contributed by atoms with Crippen molar-refractivity contribution < 1.29 is 29.4 Å². The highest BCUT2D eigenvalue weighted by molar-refractivity contribution is 6.05. The summed E-state index contributed by atoms with van der Waals surface area (Å²) in [5, 5.41) is 39.0. The van der Waals surface area contributed by atoms with E-state index in [9.17, 15) is 29.7 Å². The van der Waals surface area contributed by atoms with Gasteiger partial charge in [-0.2, -0.15) is 10.5 Å². The molecule has 0 aliphatic carbocycles. The van der Waals surface area contributed by atoms with Gasteiger partial charge in [-0.3, -0.25) is 19.2 Å². The van der Waals surface area contributed by atoms with Crippen LogP contribution in [0.25, 0.3) is 34.0 Å². The van der Waals surface area contributed by atoms with Crippen LogP contribution < -0.4 is 0 Å². The summed E-state index contributed by atoms with van der Waals surface area (Å²) < 4.78 is 3.19. The number of amides is 2. The van der Waals surface area contributed by atoms with Gasteiger partial charge in [0.2, 0.25) is 0 Å². The number of aliphatic carboxylic acids is 2. The highest BCUT2D eigenvalue weighted by Crippen LogP contribution is 2.27. The second-order valence-corrected chi connectivity index (χ2v) is 13.2. The third kappa shape index (κ3) is 9.89. The highest BCUT2D eigenvalue weighted by Gasteiger charge is 2.22. The largest absolute Gasteiger partial charge is 0.480 e. The number of carbonyl (C=O) groups is 4. The first-order valence-corrected chi connectivity index (χ1v) is 17.9. The smallest absolute Gasteiger partial charge is 0.323 e. The van der Waals surface area contributed by atoms with Crippen LogP contribution in [0.15, 0.2) is 133 Å². The molecule has 6 rings (SSSR count). The van der Waals surface area contributed by atoms with E-state index in [1.807, 2.05) is 128 Å². The van der Waals surface area contributed by atoms with Gasteiger partial charge in [-0.1, -0.05) is 97.1 Å². The van der Waals surface area contributed by atoms with E-state index in [0.29, 0.717) is 17.7 Å². The van der Waals surface area contributed by atoms with Gasteiger partial charge in [-0.05, 0) is 42.3 Å². The van der Waals surface area contributed by atoms with E-state index in [1.54, 1.807) is 35.6 Å². The Hall–Kier alpha value is -7.70. The number of carboxylic acid groups (broad SMARTS) is 2. The van der Waals surface area contributed by atoms with E-state index >= 15 is 0 Å². The van der Waals surface area contributed by atoms with Crippen molar-refractivity contribution in [2.75, 3.05) is 14.1 Å². The summed E-state index contributed by atoms with van der Waals surface area (Å²) in [7, 11) is 3.31. The zero-order chi connectivity index (χ0) is 41.1. The highest BCUT2D eigenvalue weighted by atomic mass is 16.4. The lowest BCUT2D eigenvalue weighted by molar-refractivity contribution is -0.138. The molecule has 0 bridgehead atoms. The molecule has 0 spiro atoms. The molecular formula is C45H40N6O6. The summed E-state index contributed by atoms with van der Waals surface area (Å²) in [6, 6.07) is 37.5. The molecule has 0 fully saturated rings. The maximum atomic E-state index is 12.9. The standard InChI is InChI=1S/C23H21N3O3.C22H19N3O3/c1-16(17-8-4-3-5-9-17)25(2)23(29)18(13-24)12-19-14-26(15-22(27)28)21-11-7-6-10-20(19)21;1-24(13-16-7-3-2-4-8-16)22(28)17(12-23)11-18-14-25(15-21(26)27)20-10-6-5-9-19(18)20/h3-12,14,16H,15H2,1-2H3,(H,27,28);2-11,14H,13,15H2,1H3,(H,26,27)/t16-;/m1./s1. The predicted octanol–water partition coefficient (Wildman–Crippen LogP) is 7.14. The summed E-state index contributed by atoms with van der Waals surface area (Å²) in [6.07, 6.45) is 6.35. The number of fused-ring (bicyclic) bond motifs is 2. The lowest BCUT2D eigenvalue weighted by atomic mass is 10.1. The number of aromatic nitrogens is 2. The van der Waals surface area contributed by atoms with Crippen LogP contribution in [-0.2, 0) is 38.8 Å². The van der Waals surface area contributed by atoms with Crippen LogP contribution in [-0.4, -0.2) is 67.0 Å². The Balaban J connectivity index is 0.000000218. The first kappa shape index (κ1) is 40.5. The molecule has 0 aliphatic rings. The summed E-state index contributed by atoms with van der Waals surface area (Å²) in [5.74, 6) is -2.70. The maximum Gasteiger partial charge on any atom is 0.323 e. The fourth-order valence-electron chi connectivity index (χ4n) is 6.38. The van der Waals surface area contributed by atoms with Crippen LogP contribution in [0.3, 0.4) is 0 Å². The van der Waals surface area contributed by atoms with Gasteiger partial charge in [-0.25, -0.2) is 0 Å². The molecule has 286 valence electrons. The summed E-state index contributed by atoms with van der Waals surface area (Å²) >= 11 is 0. The van der Waals surface area contributed by atoms with E-state index in [1.165, 1.54) is 22.0 Å². The van der Waals surface area contributed by atoms with Crippen LogP contribution >= 0.6 is 0 Å². The number of para-hydroxylation sites is 2. The number of hydrogen-bond acceptors (Lipinski definition) is 6. The van der Waals surface area contributed by atoms with E-state index in [-0.39, 0.29) is 42.1 Å². The van der Waals surface area contributed by atoms with Crippen molar-refractivity contribution in [1.29, 1.82) is 10.5 Å². The molecule has 6 aromatic rings. The third-order valence-corrected chi connectivity index (χ3v) is 9.34. The minimum atomic E-state index is -0.964. The SMILES string of the molecule is CN(Cc1ccccc1)C(=O)C(C#N)=Cc1cn(CC(=O)O)c2ccccc12.C[C@H](c1ccccc1)N(C)C(=O)C(C#N)=Cc1cn(CC(=O)O)c2ccccc12. The second-order valence-electron chi connectivity index (χ2n) is 13.2. The Morgan fingerprint density at radius 2 is 1.07 bits per heavy atom. The van der Waals surface area contributed by atoms with E-state index in [0.717, 1.165) is 32.9 Å². The molecule has 2 aromatic heterocycles. The minimum Gasteiger partial charge on any atom is -0.480 e. The Kier molecular flexibility index (Phi) is 13.2. The molecule has 0 aliphatic heterocycles. The topological polar surface area (TPSA) is 173 Å². The molecule has 2 amide bonds. The van der Waals surface area contributed by atoms with Gasteiger partial charge in [0.05, 0.1) is 6.04 Å². The molecular weight excluding hydrogens is 721 g/mol. The van der Waals surface area contributed by atoms with Crippen molar-refractivity contribution in [3.05, 3.63) is 155 Å². The number of nitriles is 2. The van der Waals surface area contributed by atoms with Gasteiger partial charge in [0.15, 0.2) is 0 Å². The van der Waals surface area contributed by atoms with E-state index in [4.69, 9.17) is 10.2 Å². The maximum absolute atomic E-state index is 12.9. The number of carbonyl (C=O) groups excluding carboxylic acids is 2. The molecule has 12 nitrogen and oxygen atoms in total. The van der Waals surface area contributed by atoms with Gasteiger partial charge >= 0.3 is 11.9 Å². The van der Waals surface area contributed by atoms with Crippen molar-refractivity contribution in [3.8, 4) is 12.1 Å². The normalized spacial score (nSPS) is 11.8. The van der Waals surface area contributed by atoms with Crippen molar-refractivity contribution in [3.63, 3.8) is 0 Å². The molecule has 12 heteroatoms. The van der Waals surface area contributed by atoms with Crippen molar-refractivity contribution in [2.24, 2.45) is 0 Å². The number of nitrogens with zero attached hydrogens (tertiary/aromatic N) is 6. The van der Waals surface area contributed by atoms with Crippen molar-refractivity contribution in [1.82, 2.24) is 18.9 Å². The Bertz CT molecular complexity index is 2570. The van der Waals surface area contributed by atoms with Crippen LogP contribution in [0.4, 0.5) is 0 Å². The summed E-state index contributed by atoms with van der Waals surface area (Å²) in [5.41, 5.74) is 4.66. The number of benzene rings is 4. The Labute approximate surface area is 329 Å². The molecule has 0 saturated carbocycles. The lowest BCUT2D eigenvalue weighted by Gasteiger charge is -2.25. The van der Waals surface area contributed by atoms with Crippen LogP contribution in [0.2, 0.25) is 0 Å². The fraction of sp³-hybridized carbons (Fsp3) is 0.156. The molecule has 1 atom stereocenters. The first-order chi connectivity index (χ1) is 27.4. The molecule has 0 saturated heterocycles. The fourth-order valence-corrected chi connectivity index (χ4v) is 6.38. The van der Waals surface area contributed by atoms with Gasteiger partial charge in [0.25, 0.3) is 11.8 Å². The molecule has 57 heavy (non-hydrogen) atoms. The molecule has 0 radical (unpaired) electrons. The summed E-state index contributed by atoms with van der Waals surface area (Å²) in [6.45, 7) is 1.90. The average Bonchev–Trinajstić information content (AvgIpc) is 3.74. The van der Waals surface area contributed by atoms with Gasteiger partial charge in [0.1, 0.15) is 36.4 Å². The van der Waals surface area contributed by atoms with Crippen LogP contribution in [0, 0.1) is 22.7 Å². The van der Waals surface area contributed by atoms with Crippen LogP contribution in [0.1, 0.15) is 35.2 Å². The van der Waals surface area contributed by atoms with Gasteiger partial charge < -0.3 is 29.1 Å².